The van der Waals surface area contributed by atoms with Gasteiger partial charge in [0.2, 0.25) is 5.95 Å². The van der Waals surface area contributed by atoms with E-state index in [1.807, 2.05) is 32.0 Å². The van der Waals surface area contributed by atoms with E-state index in [0.717, 1.165) is 29.7 Å². The van der Waals surface area contributed by atoms with E-state index in [0.29, 0.717) is 17.6 Å². The molecule has 126 valence electrons. The SMILES string of the molecule is Cc1ccc(C)c(NC(=O)c2cnc(NC3CCCCC3)nc2)c1. The zero-order chi connectivity index (χ0) is 16.9. The molecular weight excluding hydrogens is 300 g/mol. The molecule has 1 saturated carbocycles. The molecule has 0 saturated heterocycles. The van der Waals surface area contributed by atoms with Crippen LogP contribution in [0, 0.1) is 13.8 Å². The molecule has 0 atom stereocenters. The molecule has 3 rings (SSSR count). The Morgan fingerprint density at radius 1 is 1.08 bits per heavy atom. The Labute approximate surface area is 142 Å². The highest BCUT2D eigenvalue weighted by atomic mass is 16.1. The summed E-state index contributed by atoms with van der Waals surface area (Å²) >= 11 is 0. The van der Waals surface area contributed by atoms with Crippen molar-refractivity contribution in [2.24, 2.45) is 0 Å². The Kier molecular flexibility index (Phi) is 5.08. The van der Waals surface area contributed by atoms with Crippen molar-refractivity contribution in [2.75, 3.05) is 10.6 Å². The lowest BCUT2D eigenvalue weighted by atomic mass is 9.96. The molecule has 0 unspecified atom stereocenters. The van der Waals surface area contributed by atoms with E-state index < -0.39 is 0 Å². The van der Waals surface area contributed by atoms with Crippen molar-refractivity contribution < 1.29 is 4.79 Å². The largest absolute Gasteiger partial charge is 0.351 e. The van der Waals surface area contributed by atoms with Crippen LogP contribution in [0.4, 0.5) is 11.6 Å². The number of aromatic nitrogens is 2. The number of benzene rings is 1. The van der Waals surface area contributed by atoms with E-state index in [9.17, 15) is 4.79 Å². The maximum absolute atomic E-state index is 12.4. The Hall–Kier alpha value is -2.43. The van der Waals surface area contributed by atoms with Crippen molar-refractivity contribution in [3.63, 3.8) is 0 Å². The highest BCUT2D eigenvalue weighted by Crippen LogP contribution is 2.20. The number of carbonyl (C=O) groups is 1. The third-order valence-corrected chi connectivity index (χ3v) is 4.49. The van der Waals surface area contributed by atoms with Crippen molar-refractivity contribution in [3.8, 4) is 0 Å². The first-order chi connectivity index (χ1) is 11.6. The summed E-state index contributed by atoms with van der Waals surface area (Å²) in [6.07, 6.45) is 9.33. The van der Waals surface area contributed by atoms with Crippen LogP contribution in [0.5, 0.6) is 0 Å². The zero-order valence-electron chi connectivity index (χ0n) is 14.3. The molecule has 5 nitrogen and oxygen atoms in total. The summed E-state index contributed by atoms with van der Waals surface area (Å²) in [5, 5.41) is 6.29. The molecule has 1 aliphatic carbocycles. The second kappa shape index (κ2) is 7.43. The fourth-order valence-corrected chi connectivity index (χ4v) is 3.01. The van der Waals surface area contributed by atoms with Gasteiger partial charge in [0.15, 0.2) is 0 Å². The first kappa shape index (κ1) is 16.4. The van der Waals surface area contributed by atoms with Crippen molar-refractivity contribution in [1.29, 1.82) is 0 Å². The van der Waals surface area contributed by atoms with E-state index in [-0.39, 0.29) is 5.91 Å². The summed E-state index contributed by atoms with van der Waals surface area (Å²) in [6, 6.07) is 6.44. The van der Waals surface area contributed by atoms with Gasteiger partial charge in [-0.3, -0.25) is 4.79 Å². The van der Waals surface area contributed by atoms with Crippen molar-refractivity contribution in [3.05, 3.63) is 47.3 Å². The molecule has 1 fully saturated rings. The quantitative estimate of drug-likeness (QED) is 0.889. The fraction of sp³-hybridized carbons (Fsp3) is 0.421. The monoisotopic (exact) mass is 324 g/mol. The number of anilines is 2. The van der Waals surface area contributed by atoms with E-state index in [4.69, 9.17) is 0 Å². The smallest absolute Gasteiger partial charge is 0.258 e. The van der Waals surface area contributed by atoms with Gasteiger partial charge in [-0.2, -0.15) is 0 Å². The molecule has 1 heterocycles. The zero-order valence-corrected chi connectivity index (χ0v) is 14.3. The topological polar surface area (TPSA) is 66.9 Å². The molecule has 1 amide bonds. The highest BCUT2D eigenvalue weighted by Gasteiger charge is 2.15. The van der Waals surface area contributed by atoms with Crippen molar-refractivity contribution in [2.45, 2.75) is 52.0 Å². The third kappa shape index (κ3) is 4.10. The average molecular weight is 324 g/mol. The standard InChI is InChI=1S/C19H24N4O/c1-13-8-9-14(2)17(10-13)23-18(24)15-11-20-19(21-12-15)22-16-6-4-3-5-7-16/h8-12,16H,3-7H2,1-2H3,(H,23,24)(H,20,21,22). The molecule has 0 aliphatic heterocycles. The van der Waals surface area contributed by atoms with Gasteiger partial charge in [-0.05, 0) is 43.9 Å². The highest BCUT2D eigenvalue weighted by molar-refractivity contribution is 6.04. The van der Waals surface area contributed by atoms with Crippen molar-refractivity contribution >= 4 is 17.5 Å². The first-order valence-corrected chi connectivity index (χ1v) is 8.59. The summed E-state index contributed by atoms with van der Waals surface area (Å²) < 4.78 is 0. The maximum atomic E-state index is 12.4. The van der Waals surface area contributed by atoms with E-state index >= 15 is 0 Å². The summed E-state index contributed by atoms with van der Waals surface area (Å²) in [6.45, 7) is 3.98. The second-order valence-corrected chi connectivity index (χ2v) is 6.55. The number of hydrogen-bond acceptors (Lipinski definition) is 4. The van der Waals surface area contributed by atoms with Gasteiger partial charge in [0, 0.05) is 24.1 Å². The molecule has 1 aliphatic rings. The molecular formula is C19H24N4O. The Morgan fingerprint density at radius 2 is 1.79 bits per heavy atom. The van der Waals surface area contributed by atoms with Crippen LogP contribution in [0.15, 0.2) is 30.6 Å². The van der Waals surface area contributed by atoms with Gasteiger partial charge in [-0.1, -0.05) is 31.4 Å². The number of nitrogens with zero attached hydrogens (tertiary/aromatic N) is 2. The Bertz CT molecular complexity index is 706. The van der Waals surface area contributed by atoms with Gasteiger partial charge >= 0.3 is 0 Å². The number of aryl methyl sites for hydroxylation is 2. The molecule has 1 aromatic heterocycles. The van der Waals surface area contributed by atoms with E-state index in [1.54, 1.807) is 12.4 Å². The molecule has 0 bridgehead atoms. The Morgan fingerprint density at radius 3 is 2.50 bits per heavy atom. The molecule has 0 spiro atoms. The minimum absolute atomic E-state index is 0.187. The van der Waals surface area contributed by atoms with Crippen LogP contribution in [0.25, 0.3) is 0 Å². The van der Waals surface area contributed by atoms with Gasteiger partial charge in [0.25, 0.3) is 5.91 Å². The van der Waals surface area contributed by atoms with Crippen LogP contribution in [0.2, 0.25) is 0 Å². The predicted molar refractivity (Wildman–Crippen MR) is 96.4 cm³/mol. The van der Waals surface area contributed by atoms with E-state index in [1.165, 1.54) is 19.3 Å². The van der Waals surface area contributed by atoms with Crippen LogP contribution < -0.4 is 10.6 Å². The lowest BCUT2D eigenvalue weighted by Gasteiger charge is -2.22. The lowest BCUT2D eigenvalue weighted by molar-refractivity contribution is 0.102. The molecule has 1 aromatic carbocycles. The second-order valence-electron chi connectivity index (χ2n) is 6.55. The minimum atomic E-state index is -0.187. The summed E-state index contributed by atoms with van der Waals surface area (Å²) in [5.74, 6) is 0.415. The van der Waals surface area contributed by atoms with Gasteiger partial charge in [0.05, 0.1) is 5.56 Å². The molecule has 24 heavy (non-hydrogen) atoms. The molecule has 2 aromatic rings. The fourth-order valence-electron chi connectivity index (χ4n) is 3.01. The molecule has 0 radical (unpaired) electrons. The molecule has 2 N–H and O–H groups in total. The van der Waals surface area contributed by atoms with Crippen LogP contribution in [-0.4, -0.2) is 21.9 Å². The number of amides is 1. The predicted octanol–water partition coefficient (Wildman–Crippen LogP) is 4.09. The maximum Gasteiger partial charge on any atom is 0.258 e. The first-order valence-electron chi connectivity index (χ1n) is 8.59. The minimum Gasteiger partial charge on any atom is -0.351 e. The molecule has 5 heteroatoms. The van der Waals surface area contributed by atoms with E-state index in [2.05, 4.69) is 20.6 Å². The number of hydrogen-bond donors (Lipinski definition) is 2. The van der Waals surface area contributed by atoms with Gasteiger partial charge in [-0.25, -0.2) is 9.97 Å². The van der Waals surface area contributed by atoms with Crippen LogP contribution in [0.3, 0.4) is 0 Å². The Balaban J connectivity index is 1.64. The average Bonchev–Trinajstić information content (AvgIpc) is 2.60. The number of rotatable bonds is 4. The lowest BCUT2D eigenvalue weighted by Crippen LogP contribution is -2.23. The number of carbonyl (C=O) groups excluding carboxylic acids is 1. The van der Waals surface area contributed by atoms with Gasteiger partial charge in [-0.15, -0.1) is 0 Å². The van der Waals surface area contributed by atoms with Gasteiger partial charge in [0.1, 0.15) is 0 Å². The summed E-state index contributed by atoms with van der Waals surface area (Å²) in [7, 11) is 0. The van der Waals surface area contributed by atoms with Crippen LogP contribution >= 0.6 is 0 Å². The normalized spacial score (nSPS) is 15.1. The van der Waals surface area contributed by atoms with Crippen molar-refractivity contribution in [1.82, 2.24) is 9.97 Å². The van der Waals surface area contributed by atoms with Crippen LogP contribution in [0.1, 0.15) is 53.6 Å². The van der Waals surface area contributed by atoms with Crippen LogP contribution in [-0.2, 0) is 0 Å². The summed E-state index contributed by atoms with van der Waals surface area (Å²) in [4.78, 5) is 21.0. The number of nitrogens with one attached hydrogen (secondary N) is 2. The summed E-state index contributed by atoms with van der Waals surface area (Å²) in [5.41, 5.74) is 3.43. The third-order valence-electron chi connectivity index (χ3n) is 4.49. The van der Waals surface area contributed by atoms with Gasteiger partial charge < -0.3 is 10.6 Å².